The predicted molar refractivity (Wildman–Crippen MR) is 132 cm³/mol. The van der Waals surface area contributed by atoms with Gasteiger partial charge in [-0.05, 0) is 62.1 Å². The molecule has 3 rings (SSSR count). The van der Waals surface area contributed by atoms with E-state index in [4.69, 9.17) is 23.1 Å². The number of rotatable bonds is 6. The van der Waals surface area contributed by atoms with Crippen LogP contribution in [0, 0.1) is 0 Å². The highest BCUT2D eigenvalue weighted by Crippen LogP contribution is 2.35. The Labute approximate surface area is 205 Å². The number of carbonyl (C=O) groups excluding carboxylic acids is 3. The number of nitrogens with one attached hydrogen (secondary N) is 1. The van der Waals surface area contributed by atoms with Crippen LogP contribution in [0.25, 0.3) is 0 Å². The third-order valence-corrected chi connectivity index (χ3v) is 5.78. The molecule has 2 aromatic carbocycles. The third kappa shape index (κ3) is 5.46. The van der Waals surface area contributed by atoms with Gasteiger partial charge in [0.25, 0.3) is 11.8 Å². The Morgan fingerprint density at radius 3 is 2.32 bits per heavy atom. The molecule has 0 unspecified atom stereocenters. The molecule has 1 atom stereocenters. The summed E-state index contributed by atoms with van der Waals surface area (Å²) < 4.78 is 3.91. The highest BCUT2D eigenvalue weighted by atomic mass is 35.5. The van der Waals surface area contributed by atoms with Crippen LogP contribution in [0.2, 0.25) is 5.02 Å². The zero-order valence-electron chi connectivity index (χ0n) is 18.7. The van der Waals surface area contributed by atoms with Crippen LogP contribution < -0.4 is 21.7 Å². The van der Waals surface area contributed by atoms with Crippen LogP contribution in [0.3, 0.4) is 0 Å². The number of nitrogens with zero attached hydrogens (tertiary/aromatic N) is 2. The van der Waals surface area contributed by atoms with E-state index in [0.29, 0.717) is 22.1 Å². The number of halogens is 1. The highest BCUT2D eigenvalue weighted by molar-refractivity contribution is 7.09. The Bertz CT molecular complexity index is 1240. The maximum atomic E-state index is 13.8. The monoisotopic (exact) mass is 501 g/mol. The molecule has 3 aromatic rings. The SMILES string of the molecule is CC(C)(C)NC(=O)[C@H](c1ccc(Cl)cc1)N(C(=O)c1snc(C(N)=O)c1N)c1cccc(O)c1. The average Bonchev–Trinajstić information content (AvgIpc) is 3.12. The standard InChI is InChI=1S/C23H24ClN5O4S/c1-23(2,3)27-21(32)18(12-7-9-13(24)10-8-12)29(14-5-4-6-15(30)11-14)22(33)19-16(25)17(20(26)31)28-34-19/h4-11,18,30H,25H2,1-3H3,(H2,26,31)(H,27,32)/t18-/m0/s1. The summed E-state index contributed by atoms with van der Waals surface area (Å²) in [6.07, 6.45) is 0. The second kappa shape index (κ2) is 9.70. The zero-order chi connectivity index (χ0) is 25.2. The first kappa shape index (κ1) is 25.0. The van der Waals surface area contributed by atoms with E-state index in [1.54, 1.807) is 30.3 Å². The van der Waals surface area contributed by atoms with Gasteiger partial charge in [-0.1, -0.05) is 29.8 Å². The average molecular weight is 502 g/mol. The number of anilines is 2. The second-order valence-electron chi connectivity index (χ2n) is 8.53. The molecule has 11 heteroatoms. The van der Waals surface area contributed by atoms with Crippen LogP contribution in [-0.4, -0.2) is 32.7 Å². The minimum atomic E-state index is -1.18. The third-order valence-electron chi connectivity index (χ3n) is 4.67. The minimum Gasteiger partial charge on any atom is -0.508 e. The smallest absolute Gasteiger partial charge is 0.273 e. The zero-order valence-corrected chi connectivity index (χ0v) is 20.3. The van der Waals surface area contributed by atoms with Crippen LogP contribution in [0.5, 0.6) is 5.75 Å². The summed E-state index contributed by atoms with van der Waals surface area (Å²) in [5, 5.41) is 13.5. The molecule has 0 bridgehead atoms. The number of hydrogen-bond acceptors (Lipinski definition) is 7. The largest absolute Gasteiger partial charge is 0.508 e. The lowest BCUT2D eigenvalue weighted by molar-refractivity contribution is -0.123. The van der Waals surface area contributed by atoms with E-state index in [9.17, 15) is 19.5 Å². The number of benzene rings is 2. The summed E-state index contributed by atoms with van der Waals surface area (Å²) >= 11 is 6.75. The molecular formula is C23H24ClN5O4S. The molecule has 1 aromatic heterocycles. The van der Waals surface area contributed by atoms with Gasteiger partial charge in [-0.3, -0.25) is 19.3 Å². The summed E-state index contributed by atoms with van der Waals surface area (Å²) in [4.78, 5) is 40.2. The van der Waals surface area contributed by atoms with Crippen LogP contribution >= 0.6 is 23.1 Å². The number of aromatic nitrogens is 1. The number of hydrogen-bond donors (Lipinski definition) is 4. The quantitative estimate of drug-likeness (QED) is 0.405. The van der Waals surface area contributed by atoms with Crippen molar-refractivity contribution in [2.75, 3.05) is 10.6 Å². The summed E-state index contributed by atoms with van der Waals surface area (Å²) in [5.74, 6) is -2.17. The molecule has 0 aliphatic carbocycles. The van der Waals surface area contributed by atoms with E-state index in [-0.39, 0.29) is 27.7 Å². The van der Waals surface area contributed by atoms with Gasteiger partial charge in [0.05, 0.1) is 5.69 Å². The van der Waals surface area contributed by atoms with Crippen LogP contribution in [0.4, 0.5) is 11.4 Å². The molecule has 3 amide bonds. The van der Waals surface area contributed by atoms with Gasteiger partial charge >= 0.3 is 0 Å². The summed E-state index contributed by atoms with van der Waals surface area (Å²) in [7, 11) is 0. The normalized spacial score (nSPS) is 12.1. The molecule has 178 valence electrons. The van der Waals surface area contributed by atoms with Crippen molar-refractivity contribution in [2.24, 2.45) is 5.73 Å². The van der Waals surface area contributed by atoms with Crippen molar-refractivity contribution in [2.45, 2.75) is 32.4 Å². The van der Waals surface area contributed by atoms with Crippen LogP contribution in [0.1, 0.15) is 52.5 Å². The Morgan fingerprint density at radius 1 is 1.15 bits per heavy atom. The van der Waals surface area contributed by atoms with Crippen molar-refractivity contribution >= 4 is 52.2 Å². The molecule has 1 heterocycles. The van der Waals surface area contributed by atoms with Crippen LogP contribution in [-0.2, 0) is 4.79 Å². The van der Waals surface area contributed by atoms with Gasteiger partial charge in [0.2, 0.25) is 5.91 Å². The van der Waals surface area contributed by atoms with Gasteiger partial charge in [0.15, 0.2) is 5.69 Å². The molecule has 0 radical (unpaired) electrons. The topological polar surface area (TPSA) is 152 Å². The van der Waals surface area contributed by atoms with Gasteiger partial charge in [0, 0.05) is 22.3 Å². The molecule has 0 fully saturated rings. The van der Waals surface area contributed by atoms with E-state index >= 15 is 0 Å². The van der Waals surface area contributed by atoms with E-state index in [2.05, 4.69) is 9.69 Å². The lowest BCUT2D eigenvalue weighted by atomic mass is 10.0. The summed E-state index contributed by atoms with van der Waals surface area (Å²) in [5.41, 5.74) is 11.0. The maximum Gasteiger partial charge on any atom is 0.273 e. The fourth-order valence-electron chi connectivity index (χ4n) is 3.27. The fourth-order valence-corrected chi connectivity index (χ4v) is 4.13. The maximum absolute atomic E-state index is 13.8. The number of aromatic hydroxyl groups is 1. The fraction of sp³-hybridized carbons (Fsp3) is 0.217. The number of nitrogens with two attached hydrogens (primary N) is 2. The highest BCUT2D eigenvalue weighted by Gasteiger charge is 2.37. The first-order valence-corrected chi connectivity index (χ1v) is 11.3. The number of phenols is 1. The van der Waals surface area contributed by atoms with Crippen molar-refractivity contribution in [1.29, 1.82) is 0 Å². The Kier molecular flexibility index (Phi) is 7.13. The minimum absolute atomic E-state index is 0.0698. The van der Waals surface area contributed by atoms with E-state index in [0.717, 1.165) is 0 Å². The lowest BCUT2D eigenvalue weighted by Gasteiger charge is -2.33. The number of carbonyl (C=O) groups is 3. The molecule has 0 aliphatic rings. The van der Waals surface area contributed by atoms with E-state index < -0.39 is 29.3 Å². The second-order valence-corrected chi connectivity index (χ2v) is 9.74. The molecule has 34 heavy (non-hydrogen) atoms. The van der Waals surface area contributed by atoms with Gasteiger partial charge in [-0.25, -0.2) is 0 Å². The molecule has 0 saturated carbocycles. The molecule has 6 N–H and O–H groups in total. The van der Waals surface area contributed by atoms with Crippen molar-refractivity contribution in [3.63, 3.8) is 0 Å². The molecule has 0 spiro atoms. The molecule has 0 saturated heterocycles. The van der Waals surface area contributed by atoms with Gasteiger partial charge in [-0.2, -0.15) is 4.37 Å². The molecule has 0 aliphatic heterocycles. The Balaban J connectivity index is 2.24. The van der Waals surface area contributed by atoms with Crippen LogP contribution in [0.15, 0.2) is 48.5 Å². The predicted octanol–water partition coefficient (Wildman–Crippen LogP) is 3.49. The molecular weight excluding hydrogens is 478 g/mol. The number of amides is 3. The van der Waals surface area contributed by atoms with E-state index in [1.807, 2.05) is 20.8 Å². The van der Waals surface area contributed by atoms with E-state index in [1.165, 1.54) is 23.1 Å². The first-order chi connectivity index (χ1) is 15.9. The van der Waals surface area contributed by atoms with Crippen molar-refractivity contribution < 1.29 is 19.5 Å². The van der Waals surface area contributed by atoms with Gasteiger partial charge in [0.1, 0.15) is 16.7 Å². The van der Waals surface area contributed by atoms with Crippen molar-refractivity contribution in [3.8, 4) is 5.75 Å². The summed E-state index contributed by atoms with van der Waals surface area (Å²) in [6, 6.07) is 11.2. The van der Waals surface area contributed by atoms with Gasteiger partial charge < -0.3 is 21.9 Å². The number of phenolic OH excluding ortho intramolecular Hbond substituents is 1. The lowest BCUT2D eigenvalue weighted by Crippen LogP contribution is -2.49. The van der Waals surface area contributed by atoms with Crippen molar-refractivity contribution in [3.05, 3.63) is 69.7 Å². The Morgan fingerprint density at radius 2 is 1.79 bits per heavy atom. The number of nitrogen functional groups attached to an aromatic ring is 1. The first-order valence-electron chi connectivity index (χ1n) is 10.1. The van der Waals surface area contributed by atoms with Crippen molar-refractivity contribution in [1.82, 2.24) is 9.69 Å². The Hall–Kier alpha value is -3.63. The molecule has 9 nitrogen and oxygen atoms in total. The number of primary amides is 1. The van der Waals surface area contributed by atoms with Gasteiger partial charge in [-0.15, -0.1) is 0 Å². The summed E-state index contributed by atoms with van der Waals surface area (Å²) in [6.45, 7) is 5.43.